The molecule has 2 amide bonds. The second-order valence-corrected chi connectivity index (χ2v) is 4.70. The van der Waals surface area contributed by atoms with Crippen molar-refractivity contribution < 1.29 is 19.5 Å². The lowest BCUT2D eigenvalue weighted by atomic mass is 10.1. The van der Waals surface area contributed by atoms with Crippen molar-refractivity contribution in [1.29, 1.82) is 0 Å². The third-order valence-electron chi connectivity index (χ3n) is 2.68. The SMILES string of the molecule is Cc1cc(C)cc(C(=O)NCC(=O)N(C)CC(=O)O)c1. The molecule has 0 fully saturated rings. The molecule has 1 aromatic rings. The van der Waals surface area contributed by atoms with Crippen LogP contribution in [0.4, 0.5) is 0 Å². The molecule has 0 heterocycles. The molecule has 1 rings (SSSR count). The van der Waals surface area contributed by atoms with Crippen LogP contribution >= 0.6 is 0 Å². The van der Waals surface area contributed by atoms with Gasteiger partial charge in [-0.25, -0.2) is 0 Å². The van der Waals surface area contributed by atoms with Crippen molar-refractivity contribution in [2.24, 2.45) is 0 Å². The molecule has 0 unspecified atom stereocenters. The Bertz CT molecular complexity index is 520. The maximum absolute atomic E-state index is 11.9. The van der Waals surface area contributed by atoms with Crippen LogP contribution in [-0.4, -0.2) is 47.9 Å². The Labute approximate surface area is 117 Å². The molecular formula is C14H18N2O4. The first kappa shape index (κ1) is 15.7. The van der Waals surface area contributed by atoms with Crippen LogP contribution in [0, 0.1) is 13.8 Å². The number of aryl methyl sites for hydroxylation is 2. The quantitative estimate of drug-likeness (QED) is 0.824. The number of nitrogens with one attached hydrogen (secondary N) is 1. The van der Waals surface area contributed by atoms with Gasteiger partial charge in [-0.3, -0.25) is 14.4 Å². The predicted molar refractivity (Wildman–Crippen MR) is 73.5 cm³/mol. The summed E-state index contributed by atoms with van der Waals surface area (Å²) in [5, 5.41) is 11.1. The Kier molecular flexibility index (Phi) is 5.25. The molecule has 6 heteroatoms. The molecule has 0 aliphatic heterocycles. The Morgan fingerprint density at radius 1 is 1.15 bits per heavy atom. The monoisotopic (exact) mass is 278 g/mol. The molecule has 0 radical (unpaired) electrons. The topological polar surface area (TPSA) is 86.7 Å². The molecule has 0 spiro atoms. The zero-order valence-electron chi connectivity index (χ0n) is 11.8. The van der Waals surface area contributed by atoms with Crippen LogP contribution in [0.1, 0.15) is 21.5 Å². The van der Waals surface area contributed by atoms with Crippen molar-refractivity contribution in [1.82, 2.24) is 10.2 Å². The lowest BCUT2D eigenvalue weighted by Crippen LogP contribution is -2.40. The van der Waals surface area contributed by atoms with Crippen molar-refractivity contribution in [2.75, 3.05) is 20.1 Å². The molecule has 0 saturated heterocycles. The summed E-state index contributed by atoms with van der Waals surface area (Å²) in [5.41, 5.74) is 2.41. The van der Waals surface area contributed by atoms with E-state index in [2.05, 4.69) is 5.32 Å². The van der Waals surface area contributed by atoms with Gasteiger partial charge in [0.05, 0.1) is 6.54 Å². The highest BCUT2D eigenvalue weighted by Crippen LogP contribution is 2.08. The van der Waals surface area contributed by atoms with Crippen molar-refractivity contribution in [2.45, 2.75) is 13.8 Å². The number of benzene rings is 1. The largest absolute Gasteiger partial charge is 0.480 e. The molecule has 1 aromatic carbocycles. The van der Waals surface area contributed by atoms with Crippen LogP contribution in [-0.2, 0) is 9.59 Å². The summed E-state index contributed by atoms with van der Waals surface area (Å²) in [6, 6.07) is 5.41. The number of amides is 2. The average Bonchev–Trinajstić information content (AvgIpc) is 2.33. The third-order valence-corrected chi connectivity index (χ3v) is 2.68. The van der Waals surface area contributed by atoms with Gasteiger partial charge in [-0.05, 0) is 26.0 Å². The molecule has 2 N–H and O–H groups in total. The van der Waals surface area contributed by atoms with Gasteiger partial charge in [-0.1, -0.05) is 17.2 Å². The number of hydrogen-bond acceptors (Lipinski definition) is 3. The maximum atomic E-state index is 11.9. The Balaban J connectivity index is 2.59. The summed E-state index contributed by atoms with van der Waals surface area (Å²) >= 11 is 0. The molecule has 0 aliphatic rings. The van der Waals surface area contributed by atoms with Crippen molar-refractivity contribution >= 4 is 17.8 Å². The van der Waals surface area contributed by atoms with Gasteiger partial charge in [-0.15, -0.1) is 0 Å². The van der Waals surface area contributed by atoms with E-state index in [4.69, 9.17) is 5.11 Å². The van der Waals surface area contributed by atoms with Gasteiger partial charge in [0.15, 0.2) is 0 Å². The van der Waals surface area contributed by atoms with Gasteiger partial charge in [0.25, 0.3) is 5.91 Å². The average molecular weight is 278 g/mol. The summed E-state index contributed by atoms with van der Waals surface area (Å²) in [7, 11) is 1.37. The Hall–Kier alpha value is -2.37. The van der Waals surface area contributed by atoms with Gasteiger partial charge >= 0.3 is 5.97 Å². The number of rotatable bonds is 5. The zero-order chi connectivity index (χ0) is 15.3. The normalized spacial score (nSPS) is 9.95. The number of likely N-dealkylation sites (N-methyl/N-ethyl adjacent to an activating group) is 1. The number of carbonyl (C=O) groups is 3. The Morgan fingerprint density at radius 3 is 2.20 bits per heavy atom. The van der Waals surface area contributed by atoms with E-state index in [0.717, 1.165) is 16.0 Å². The predicted octanol–water partition coefficient (Wildman–Crippen LogP) is 0.576. The van der Waals surface area contributed by atoms with Gasteiger partial charge in [-0.2, -0.15) is 0 Å². The first-order valence-corrected chi connectivity index (χ1v) is 6.12. The van der Waals surface area contributed by atoms with E-state index in [-0.39, 0.29) is 12.5 Å². The van der Waals surface area contributed by atoms with Crippen LogP contribution < -0.4 is 5.32 Å². The molecule has 0 aromatic heterocycles. The smallest absolute Gasteiger partial charge is 0.323 e. The highest BCUT2D eigenvalue weighted by Gasteiger charge is 2.14. The molecule has 0 aliphatic carbocycles. The standard InChI is InChI=1S/C14H18N2O4/c1-9-4-10(2)6-11(5-9)14(20)15-7-12(17)16(3)8-13(18)19/h4-6H,7-8H2,1-3H3,(H,15,20)(H,18,19). The third kappa shape index (κ3) is 4.72. The number of aliphatic carboxylic acids is 1. The molecule has 0 atom stereocenters. The van der Waals surface area contributed by atoms with E-state index in [1.807, 2.05) is 19.9 Å². The fourth-order valence-electron chi connectivity index (χ4n) is 1.79. The van der Waals surface area contributed by atoms with Crippen molar-refractivity contribution in [3.05, 3.63) is 34.9 Å². The number of carboxylic acid groups (broad SMARTS) is 1. The first-order chi connectivity index (χ1) is 9.29. The fraction of sp³-hybridized carbons (Fsp3) is 0.357. The van der Waals surface area contributed by atoms with Gasteiger partial charge in [0.1, 0.15) is 6.54 Å². The van der Waals surface area contributed by atoms with Crippen LogP contribution in [0.5, 0.6) is 0 Å². The van der Waals surface area contributed by atoms with Crippen LogP contribution in [0.3, 0.4) is 0 Å². The van der Waals surface area contributed by atoms with Crippen molar-refractivity contribution in [3.8, 4) is 0 Å². The minimum absolute atomic E-state index is 0.227. The Morgan fingerprint density at radius 2 is 1.70 bits per heavy atom. The van der Waals surface area contributed by atoms with E-state index in [0.29, 0.717) is 5.56 Å². The maximum Gasteiger partial charge on any atom is 0.323 e. The van der Waals surface area contributed by atoms with E-state index in [1.165, 1.54) is 7.05 Å². The minimum atomic E-state index is -1.10. The van der Waals surface area contributed by atoms with Gasteiger partial charge < -0.3 is 15.3 Å². The minimum Gasteiger partial charge on any atom is -0.480 e. The summed E-state index contributed by atoms with van der Waals surface area (Å²) in [5.74, 6) is -1.90. The van der Waals surface area contributed by atoms with Crippen LogP contribution in [0.25, 0.3) is 0 Å². The molecule has 0 saturated carbocycles. The lowest BCUT2D eigenvalue weighted by Gasteiger charge is -2.15. The zero-order valence-corrected chi connectivity index (χ0v) is 11.8. The van der Waals surface area contributed by atoms with Crippen LogP contribution in [0.2, 0.25) is 0 Å². The fourth-order valence-corrected chi connectivity index (χ4v) is 1.79. The molecule has 6 nitrogen and oxygen atoms in total. The molecular weight excluding hydrogens is 260 g/mol. The van der Waals surface area contributed by atoms with Crippen LogP contribution in [0.15, 0.2) is 18.2 Å². The second kappa shape index (κ2) is 6.70. The lowest BCUT2D eigenvalue weighted by molar-refractivity contribution is -0.143. The summed E-state index contributed by atoms with van der Waals surface area (Å²) in [6.45, 7) is 3.15. The summed E-state index contributed by atoms with van der Waals surface area (Å²) in [4.78, 5) is 35.0. The van der Waals surface area contributed by atoms with E-state index in [9.17, 15) is 14.4 Å². The molecule has 0 bridgehead atoms. The first-order valence-electron chi connectivity index (χ1n) is 6.12. The molecule has 108 valence electrons. The van der Waals surface area contributed by atoms with Gasteiger partial charge in [0, 0.05) is 12.6 Å². The summed E-state index contributed by atoms with van der Waals surface area (Å²) < 4.78 is 0. The highest BCUT2D eigenvalue weighted by molar-refractivity contribution is 5.97. The van der Waals surface area contributed by atoms with E-state index >= 15 is 0 Å². The summed E-state index contributed by atoms with van der Waals surface area (Å²) in [6.07, 6.45) is 0. The van der Waals surface area contributed by atoms with E-state index in [1.54, 1.807) is 12.1 Å². The highest BCUT2D eigenvalue weighted by atomic mass is 16.4. The number of nitrogens with zero attached hydrogens (tertiary/aromatic N) is 1. The van der Waals surface area contributed by atoms with Crippen molar-refractivity contribution in [3.63, 3.8) is 0 Å². The number of carbonyl (C=O) groups excluding carboxylic acids is 2. The second-order valence-electron chi connectivity index (χ2n) is 4.70. The van der Waals surface area contributed by atoms with Gasteiger partial charge in [0.2, 0.25) is 5.91 Å². The van der Waals surface area contributed by atoms with E-state index < -0.39 is 18.4 Å². The number of hydrogen-bond donors (Lipinski definition) is 2. The number of carboxylic acids is 1. The molecule has 20 heavy (non-hydrogen) atoms.